The Kier molecular flexibility index (Phi) is 49.2. The molecular weight excluding hydrogens is 1900 g/mol. The van der Waals surface area contributed by atoms with E-state index in [4.69, 9.17) is 105 Å². The predicted octanol–water partition coefficient (Wildman–Crippen LogP) is 10.9. The molecule has 4 atom stereocenters. The minimum atomic E-state index is -4.56. The van der Waals surface area contributed by atoms with Crippen LogP contribution in [0.3, 0.4) is 0 Å². The maximum atomic E-state index is 14.4. The number of rotatable bonds is 74. The Labute approximate surface area is 843 Å². The number of nitrogens with one attached hydrogen (secondary N) is 4. The number of aromatic nitrogens is 4. The van der Waals surface area contributed by atoms with Gasteiger partial charge in [0.2, 0.25) is 11.8 Å². The van der Waals surface area contributed by atoms with Crippen molar-refractivity contribution in [2.75, 3.05) is 273 Å². The van der Waals surface area contributed by atoms with Gasteiger partial charge in [0.15, 0.2) is 10.8 Å². The van der Waals surface area contributed by atoms with Gasteiger partial charge in [-0.1, -0.05) is 69.4 Å². The molecule has 4 heterocycles. The number of ether oxygens (including phenoxy) is 20. The highest BCUT2D eigenvalue weighted by Gasteiger charge is 2.66. The van der Waals surface area contributed by atoms with Crippen LogP contribution in [0.2, 0.25) is 0 Å². The van der Waals surface area contributed by atoms with Crippen LogP contribution in [0.25, 0.3) is 21.3 Å². The number of aryl methyl sites for hydroxylation is 1. The molecule has 5 amide bonds. The largest absolute Gasteiger partial charge is 0.476 e. The summed E-state index contributed by atoms with van der Waals surface area (Å²) in [5.41, 5.74) is 4.44. The Balaban J connectivity index is 0.606. The number of aromatic carboxylic acids is 1. The second-order valence-corrected chi connectivity index (χ2v) is 40.8. The van der Waals surface area contributed by atoms with Crippen molar-refractivity contribution in [3.63, 3.8) is 0 Å². The van der Waals surface area contributed by atoms with Gasteiger partial charge in [0.1, 0.15) is 30.1 Å². The van der Waals surface area contributed by atoms with Crippen LogP contribution in [0, 0.1) is 29.1 Å². The maximum Gasteiger partial charge on any atom is 0.410 e. The highest BCUT2D eigenvalue weighted by molar-refractivity contribution is 7.85. The van der Waals surface area contributed by atoms with E-state index >= 15 is 0 Å². The van der Waals surface area contributed by atoms with Gasteiger partial charge in [0, 0.05) is 74.5 Å². The summed E-state index contributed by atoms with van der Waals surface area (Å²) in [5, 5.41) is 27.5. The van der Waals surface area contributed by atoms with E-state index in [9.17, 15) is 46.8 Å². The third kappa shape index (κ3) is 40.8. The van der Waals surface area contributed by atoms with Gasteiger partial charge in [-0.15, -0.1) is 0 Å². The fourth-order valence-electron chi connectivity index (χ4n) is 19.1. The number of hydrogen-bond donors (Lipinski definition) is 6. The van der Waals surface area contributed by atoms with Gasteiger partial charge in [-0.05, 0) is 179 Å². The Hall–Kier alpha value is -8.68. The number of pyridine rings is 1. The highest BCUT2D eigenvalue weighted by Crippen LogP contribution is 2.72. The van der Waals surface area contributed by atoms with Crippen LogP contribution in [-0.2, 0) is 147 Å². The number of benzene rings is 3. The van der Waals surface area contributed by atoms with Gasteiger partial charge in [-0.3, -0.25) is 28.9 Å². The van der Waals surface area contributed by atoms with E-state index in [0.29, 0.717) is 301 Å². The van der Waals surface area contributed by atoms with E-state index in [1.165, 1.54) is 23.2 Å². The zero-order valence-corrected chi connectivity index (χ0v) is 86.6. The van der Waals surface area contributed by atoms with Gasteiger partial charge in [0.05, 0.1) is 246 Å². The number of carboxylic acids is 1. The molecule has 6 aromatic rings. The lowest BCUT2D eigenvalue weighted by molar-refractivity contribution is -0.248. The number of carbonyl (C=O) groups is 6. The number of carboxylic acid groups (broad SMARTS) is 1. The van der Waals surface area contributed by atoms with Crippen molar-refractivity contribution in [2.24, 2.45) is 22.2 Å². The molecule has 143 heavy (non-hydrogen) atoms. The molecule has 4 saturated carbocycles. The fourth-order valence-corrected chi connectivity index (χ4v) is 20.4. The average Bonchev–Trinajstić information content (AvgIpc) is 1.31. The number of hydrogen-bond acceptors (Lipinski definition) is 33. The smallest absolute Gasteiger partial charge is 0.410 e. The minimum Gasteiger partial charge on any atom is -0.476 e. The molecule has 2 unspecified atom stereocenters. The van der Waals surface area contributed by atoms with Gasteiger partial charge < -0.3 is 126 Å². The zero-order chi connectivity index (χ0) is 102. The number of nitrogens with zero attached hydrogens (tertiary/aromatic N) is 6. The normalized spacial score (nSPS) is 18.1. The maximum absolute atomic E-state index is 14.4. The number of alkyl carbamates (subject to hydrolysis) is 1. The molecule has 4 fully saturated rings. The van der Waals surface area contributed by atoms with Crippen LogP contribution in [0.1, 0.15) is 149 Å². The predicted molar refractivity (Wildman–Crippen MR) is 533 cm³/mol. The SMILES string of the molecule is COCCOCCOCCOCCOCCOCCOCCOCCOCCOCCOCCOCCOCCOCCOCCOCCOCCCc1cc(NC(=O)[C@H](C)NC(=O)[C@@H](NC(=O)OC(C)(C)C)C(C)C)ccc1COC(=O)N(CCOC12CC3(C)CC(C)(CC(Cn4ncc(-c5ccc(N6CCc7cccc(C(=O)Nc8nc9ccccc9s8)c7C6)nc5C(=O)O)c4C)(C3)C1)C2)CCS(=O)(=O)O. The first-order valence-electron chi connectivity index (χ1n) is 49.6. The average molecular weight is 2050 g/mol. The van der Waals surface area contributed by atoms with Crippen molar-refractivity contribution in [3.05, 3.63) is 118 Å². The first kappa shape index (κ1) is 116. The van der Waals surface area contributed by atoms with Gasteiger partial charge >= 0.3 is 18.2 Å². The van der Waals surface area contributed by atoms with Crippen molar-refractivity contribution < 1.29 is 142 Å². The quantitative estimate of drug-likeness (QED) is 0.0153. The van der Waals surface area contributed by atoms with E-state index in [-0.39, 0.29) is 60.1 Å². The number of amides is 5. The Morgan fingerprint density at radius 1 is 0.559 bits per heavy atom. The number of carbonyl (C=O) groups excluding carboxylic acids is 5. The molecule has 3 aromatic heterocycles. The van der Waals surface area contributed by atoms with Gasteiger partial charge in [-0.25, -0.2) is 24.4 Å². The Morgan fingerprint density at radius 3 is 1.57 bits per heavy atom. The molecule has 6 N–H and O–H groups in total. The first-order valence-corrected chi connectivity index (χ1v) is 52.0. The van der Waals surface area contributed by atoms with E-state index in [0.717, 1.165) is 59.1 Å². The molecule has 0 spiro atoms. The molecule has 3 aromatic carbocycles. The van der Waals surface area contributed by atoms with Crippen LogP contribution in [0.15, 0.2) is 79.0 Å². The molecule has 0 saturated heterocycles. The standard InChI is InChI=1S/C101H152N10O30S2/c1-74(2)88(107-95(117)141-97(5,6)7)92(114)103-75(3)90(112)104-80-21-20-79(78(63-80)16-14-28-123-32-33-125-36-37-127-40-41-129-44-45-131-48-49-133-52-53-135-56-57-137-60-61-138-59-58-136-55-54-134-51-50-132-47-46-130-43-42-128-39-38-126-35-34-124-31-30-122-10)66-139-96(118)109(27-62-143(119,120)121)26-29-140-101-70-98(8)67-99(9,71-101)69-100(68-98,72-101)73-111-76(4)83(64-102-111)81-22-23-87(106-89(81)93(115)116)110-25-24-77-15-13-17-82(84(77)65-110)91(113)108-94-105-85-18-11-12-19-86(85)142-94/h11-13,15,17-23,63-64,74-75,88H,14,16,24-62,65-73H2,1-10H3,(H,103,114)(H,104,112)(H,107,117)(H,115,116)(H,105,108,113)(H,119,120,121)/t75-,88-,98?,99?,100?,101?/m0/s1. The lowest BCUT2D eigenvalue weighted by Crippen LogP contribution is -2.64. The number of anilines is 3. The molecule has 798 valence electrons. The van der Waals surface area contributed by atoms with Gasteiger partial charge in [-0.2, -0.15) is 13.5 Å². The van der Waals surface area contributed by atoms with Crippen LogP contribution in [-0.4, -0.2) is 359 Å². The van der Waals surface area contributed by atoms with Gasteiger partial charge in [0.25, 0.3) is 16.0 Å². The third-order valence-corrected chi connectivity index (χ3v) is 26.2. The van der Waals surface area contributed by atoms with Crippen molar-refractivity contribution in [3.8, 4) is 11.1 Å². The summed E-state index contributed by atoms with van der Waals surface area (Å²) in [4.78, 5) is 94.4. The molecule has 4 bridgehead atoms. The van der Waals surface area contributed by atoms with E-state index in [2.05, 4.69) is 40.1 Å². The summed E-state index contributed by atoms with van der Waals surface area (Å²) in [6.45, 7) is 31.8. The minimum absolute atomic E-state index is 0.0142. The van der Waals surface area contributed by atoms with Crippen LogP contribution in [0.5, 0.6) is 0 Å². The lowest BCUT2D eigenvalue weighted by Gasteiger charge is -2.69. The van der Waals surface area contributed by atoms with Crippen molar-refractivity contribution in [1.82, 2.24) is 35.3 Å². The fraction of sp³-hybridized carbons (Fsp3) is 0.673. The van der Waals surface area contributed by atoms with Crippen LogP contribution in [0.4, 0.5) is 26.2 Å². The summed E-state index contributed by atoms with van der Waals surface area (Å²) in [6.07, 6.45) is 6.47. The molecule has 4 aliphatic carbocycles. The first-order chi connectivity index (χ1) is 68.8. The monoisotopic (exact) mass is 2050 g/mol. The molecule has 42 heteroatoms. The van der Waals surface area contributed by atoms with Crippen molar-refractivity contribution in [2.45, 2.75) is 163 Å². The summed E-state index contributed by atoms with van der Waals surface area (Å²) in [7, 11) is -2.92. The molecule has 0 radical (unpaired) electrons. The highest BCUT2D eigenvalue weighted by atomic mass is 32.2. The molecule has 11 rings (SSSR count). The zero-order valence-electron chi connectivity index (χ0n) is 84.9. The molecular formula is C101H152N10O30S2. The Bertz CT molecular complexity index is 4930. The lowest BCUT2D eigenvalue weighted by atomic mass is 9.39. The third-order valence-electron chi connectivity index (χ3n) is 24.6. The second kappa shape index (κ2) is 60.6. The summed E-state index contributed by atoms with van der Waals surface area (Å²) in [6, 6.07) is 20.0. The molecule has 1 aliphatic heterocycles. The van der Waals surface area contributed by atoms with E-state index < -0.39 is 75.7 Å². The van der Waals surface area contributed by atoms with E-state index in [1.54, 1.807) is 78.3 Å². The molecule has 40 nitrogen and oxygen atoms in total. The summed E-state index contributed by atoms with van der Waals surface area (Å²) in [5.74, 6) is -3.30. The Morgan fingerprint density at radius 2 is 1.08 bits per heavy atom. The number of methoxy groups -OCH3 is 1. The summed E-state index contributed by atoms with van der Waals surface area (Å²) >= 11 is 1.40. The molecule has 5 aliphatic rings. The number of thiazole rings is 1. The van der Waals surface area contributed by atoms with Crippen molar-refractivity contribution in [1.29, 1.82) is 0 Å². The summed E-state index contributed by atoms with van der Waals surface area (Å²) < 4.78 is 150. The van der Waals surface area contributed by atoms with Crippen LogP contribution >= 0.6 is 11.3 Å². The number of fused-ring (bicyclic) bond motifs is 2. The van der Waals surface area contributed by atoms with E-state index in [1.807, 2.05) is 59.0 Å². The number of para-hydroxylation sites is 1. The van der Waals surface area contributed by atoms with Crippen LogP contribution < -0.4 is 26.2 Å². The van der Waals surface area contributed by atoms with Crippen molar-refractivity contribution >= 4 is 84.2 Å². The topological polar surface area (TPSA) is 460 Å². The second-order valence-electron chi connectivity index (χ2n) is 38.2.